The van der Waals surface area contributed by atoms with Gasteiger partial charge < -0.3 is 10.1 Å². The van der Waals surface area contributed by atoms with Crippen LogP contribution in [-0.4, -0.2) is 79.5 Å². The third-order valence-electron chi connectivity index (χ3n) is 6.41. The smallest absolute Gasteiger partial charge is 0.320 e. The quantitative estimate of drug-likeness (QED) is 0.377. The van der Waals surface area contributed by atoms with Gasteiger partial charge >= 0.3 is 6.03 Å². The maximum atomic E-state index is 13.3. The van der Waals surface area contributed by atoms with Crippen LogP contribution in [0.5, 0.6) is 0 Å². The van der Waals surface area contributed by atoms with Gasteiger partial charge in [-0.1, -0.05) is 22.7 Å². The number of amides is 2. The largest absolute Gasteiger partial charge is 0.383 e. The second kappa shape index (κ2) is 10.6. The average Bonchev–Trinajstić information content (AvgIpc) is 3.67. The summed E-state index contributed by atoms with van der Waals surface area (Å²) in [5.74, 6) is 0.663. The van der Waals surface area contributed by atoms with Crippen LogP contribution in [0.3, 0.4) is 0 Å². The molecule has 2 N–H and O–H groups in total. The number of para-hydroxylation sites is 1. The molecule has 1 fully saturated rings. The summed E-state index contributed by atoms with van der Waals surface area (Å²) in [6.45, 7) is 4.87. The highest BCUT2D eigenvalue weighted by Gasteiger charge is 2.36. The van der Waals surface area contributed by atoms with Crippen LogP contribution in [0.25, 0.3) is 16.9 Å². The number of methoxy groups -OCH3 is 1. The number of benzene rings is 1. The SMILES string of the molecule is COCCN1CC(NC(=O)Nc2c(C)c(-c3cnn(C)c3)nn2-c2ccccc2)C(c2csnn2)C1. The van der Waals surface area contributed by atoms with Gasteiger partial charge in [-0.15, -0.1) is 5.10 Å². The molecule has 0 radical (unpaired) electrons. The highest BCUT2D eigenvalue weighted by Crippen LogP contribution is 2.31. The summed E-state index contributed by atoms with van der Waals surface area (Å²) in [5.41, 5.74) is 4.25. The van der Waals surface area contributed by atoms with E-state index in [1.165, 1.54) is 11.5 Å². The first-order valence-electron chi connectivity index (χ1n) is 11.7. The molecular formula is C24H29N9O2S. The molecule has 2 unspecified atom stereocenters. The van der Waals surface area contributed by atoms with Crippen molar-refractivity contribution >= 4 is 23.4 Å². The lowest BCUT2D eigenvalue weighted by molar-refractivity contribution is 0.159. The van der Waals surface area contributed by atoms with E-state index in [-0.39, 0.29) is 18.0 Å². The van der Waals surface area contributed by atoms with E-state index in [0.29, 0.717) is 19.0 Å². The third-order valence-corrected chi connectivity index (χ3v) is 6.94. The maximum absolute atomic E-state index is 13.3. The van der Waals surface area contributed by atoms with Gasteiger partial charge in [-0.2, -0.15) is 10.2 Å². The lowest BCUT2D eigenvalue weighted by atomic mass is 10.0. The molecule has 1 aliphatic heterocycles. The molecule has 36 heavy (non-hydrogen) atoms. The Balaban J connectivity index is 1.40. The Bertz CT molecular complexity index is 1300. The number of aromatic nitrogens is 6. The van der Waals surface area contributed by atoms with Gasteiger partial charge in [-0.25, -0.2) is 9.48 Å². The molecule has 11 nitrogen and oxygen atoms in total. The fourth-order valence-electron chi connectivity index (χ4n) is 4.60. The molecule has 3 aromatic heterocycles. The second-order valence-electron chi connectivity index (χ2n) is 8.87. The van der Waals surface area contributed by atoms with E-state index in [2.05, 4.69) is 30.2 Å². The number of nitrogens with zero attached hydrogens (tertiary/aromatic N) is 7. The monoisotopic (exact) mass is 507 g/mol. The zero-order valence-corrected chi connectivity index (χ0v) is 21.3. The molecule has 4 heterocycles. The van der Waals surface area contributed by atoms with Crippen molar-refractivity contribution in [2.75, 3.05) is 38.7 Å². The van der Waals surface area contributed by atoms with E-state index in [4.69, 9.17) is 9.84 Å². The number of hydrogen-bond acceptors (Lipinski definition) is 8. The number of likely N-dealkylation sites (tertiary alicyclic amines) is 1. The molecule has 1 aromatic carbocycles. The first-order valence-corrected chi connectivity index (χ1v) is 12.6. The summed E-state index contributed by atoms with van der Waals surface area (Å²) in [7, 11) is 3.56. The zero-order chi connectivity index (χ0) is 25.1. The Labute approximate surface area is 213 Å². The summed E-state index contributed by atoms with van der Waals surface area (Å²) < 4.78 is 12.8. The summed E-state index contributed by atoms with van der Waals surface area (Å²) in [4.78, 5) is 15.6. The van der Waals surface area contributed by atoms with Crippen LogP contribution in [0.4, 0.5) is 10.6 Å². The molecule has 12 heteroatoms. The van der Waals surface area contributed by atoms with Crippen LogP contribution in [0.2, 0.25) is 0 Å². The number of rotatable bonds is 8. The van der Waals surface area contributed by atoms with Crippen molar-refractivity contribution < 1.29 is 9.53 Å². The minimum Gasteiger partial charge on any atom is -0.383 e. The maximum Gasteiger partial charge on any atom is 0.320 e. The van der Waals surface area contributed by atoms with Crippen molar-refractivity contribution in [3.8, 4) is 16.9 Å². The van der Waals surface area contributed by atoms with Gasteiger partial charge in [0.2, 0.25) is 0 Å². The average molecular weight is 508 g/mol. The first kappa shape index (κ1) is 24.1. The number of nitrogens with one attached hydrogen (secondary N) is 2. The first-order chi connectivity index (χ1) is 17.5. The van der Waals surface area contributed by atoms with E-state index in [1.54, 1.807) is 22.7 Å². The summed E-state index contributed by atoms with van der Waals surface area (Å²) in [6.07, 6.45) is 3.68. The van der Waals surface area contributed by atoms with E-state index in [9.17, 15) is 4.79 Å². The molecular weight excluding hydrogens is 478 g/mol. The zero-order valence-electron chi connectivity index (χ0n) is 20.5. The van der Waals surface area contributed by atoms with Crippen LogP contribution in [0.15, 0.2) is 48.1 Å². The molecule has 0 spiro atoms. The van der Waals surface area contributed by atoms with Crippen LogP contribution in [-0.2, 0) is 11.8 Å². The van der Waals surface area contributed by atoms with Crippen molar-refractivity contribution in [1.82, 2.24) is 39.4 Å². The summed E-state index contributed by atoms with van der Waals surface area (Å²) in [6, 6.07) is 9.34. The van der Waals surface area contributed by atoms with Gasteiger partial charge in [0.25, 0.3) is 0 Å². The number of urea groups is 1. The molecule has 0 saturated carbocycles. The van der Waals surface area contributed by atoms with Crippen molar-refractivity contribution in [3.63, 3.8) is 0 Å². The molecule has 0 aliphatic carbocycles. The second-order valence-corrected chi connectivity index (χ2v) is 9.48. The minimum absolute atomic E-state index is 0.0532. The highest BCUT2D eigenvalue weighted by molar-refractivity contribution is 7.03. The Morgan fingerprint density at radius 2 is 2.08 bits per heavy atom. The molecule has 1 aliphatic rings. The van der Waals surface area contributed by atoms with E-state index in [1.807, 2.05) is 55.9 Å². The number of aryl methyl sites for hydroxylation is 1. The normalized spacial score (nSPS) is 18.0. The van der Waals surface area contributed by atoms with Crippen LogP contribution >= 0.6 is 11.5 Å². The van der Waals surface area contributed by atoms with Gasteiger partial charge in [0.1, 0.15) is 11.5 Å². The van der Waals surface area contributed by atoms with Gasteiger partial charge in [0.05, 0.1) is 30.2 Å². The number of ether oxygens (including phenoxy) is 1. The molecule has 2 amide bonds. The van der Waals surface area contributed by atoms with Crippen LogP contribution in [0, 0.1) is 6.92 Å². The minimum atomic E-state index is -0.292. The number of anilines is 1. The Kier molecular flexibility index (Phi) is 7.07. The Hall–Kier alpha value is -3.61. The Morgan fingerprint density at radius 3 is 2.78 bits per heavy atom. The number of carbonyl (C=O) groups excluding carboxylic acids is 1. The molecule has 1 saturated heterocycles. The van der Waals surface area contributed by atoms with E-state index >= 15 is 0 Å². The molecule has 2 atom stereocenters. The van der Waals surface area contributed by atoms with Gasteiger partial charge in [-0.3, -0.25) is 14.9 Å². The third kappa shape index (κ3) is 5.01. The van der Waals surface area contributed by atoms with Crippen molar-refractivity contribution in [2.45, 2.75) is 18.9 Å². The van der Waals surface area contributed by atoms with Crippen LogP contribution in [0.1, 0.15) is 17.2 Å². The predicted molar refractivity (Wildman–Crippen MR) is 137 cm³/mol. The van der Waals surface area contributed by atoms with Gasteiger partial charge in [0, 0.05) is 62.4 Å². The van der Waals surface area contributed by atoms with Crippen molar-refractivity contribution in [1.29, 1.82) is 0 Å². The van der Waals surface area contributed by atoms with Crippen molar-refractivity contribution in [2.24, 2.45) is 7.05 Å². The standard InChI is InChI=1S/C24H29N9O2S/c1-16-22(17-11-25-31(2)12-17)29-33(18-7-5-4-6-8-18)23(16)27-24(34)26-20-14-32(9-10-35-3)13-19(20)21-15-36-30-28-21/h4-8,11-12,15,19-20H,9-10,13-14H2,1-3H3,(H2,26,27,34). The predicted octanol–water partition coefficient (Wildman–Crippen LogP) is 2.67. The highest BCUT2D eigenvalue weighted by atomic mass is 32.1. The Morgan fingerprint density at radius 1 is 1.25 bits per heavy atom. The van der Waals surface area contributed by atoms with E-state index < -0.39 is 0 Å². The lowest BCUT2D eigenvalue weighted by Gasteiger charge is -2.19. The number of carbonyl (C=O) groups is 1. The van der Waals surface area contributed by atoms with E-state index in [0.717, 1.165) is 41.3 Å². The molecule has 5 rings (SSSR count). The van der Waals surface area contributed by atoms with Gasteiger partial charge in [-0.05, 0) is 30.6 Å². The fraction of sp³-hybridized carbons (Fsp3) is 0.375. The molecule has 0 bridgehead atoms. The lowest BCUT2D eigenvalue weighted by Crippen LogP contribution is -2.42. The fourth-order valence-corrected chi connectivity index (χ4v) is 5.11. The summed E-state index contributed by atoms with van der Waals surface area (Å²) >= 11 is 1.32. The van der Waals surface area contributed by atoms with Crippen molar-refractivity contribution in [3.05, 3.63) is 59.4 Å². The topological polar surface area (TPSA) is 115 Å². The van der Waals surface area contributed by atoms with Gasteiger partial charge in [0.15, 0.2) is 0 Å². The molecule has 188 valence electrons. The van der Waals surface area contributed by atoms with Crippen LogP contribution < -0.4 is 10.6 Å². The molecule has 4 aromatic rings. The number of hydrogen-bond donors (Lipinski definition) is 2. The summed E-state index contributed by atoms with van der Waals surface area (Å²) in [5, 5.41) is 21.6.